The van der Waals surface area contributed by atoms with Gasteiger partial charge in [0.2, 0.25) is 0 Å². The van der Waals surface area contributed by atoms with Crippen LogP contribution in [-0.2, 0) is 19.1 Å². The fraction of sp³-hybridized carbons (Fsp3) is 0.750. The highest BCUT2D eigenvalue weighted by Gasteiger charge is 2.55. The van der Waals surface area contributed by atoms with Crippen LogP contribution in [0.15, 0.2) is 48.6 Å². The molecule has 45 heavy (non-hydrogen) atoms. The van der Waals surface area contributed by atoms with E-state index in [1.165, 1.54) is 77.0 Å². The maximum atomic E-state index is 12.3. The van der Waals surface area contributed by atoms with Gasteiger partial charge in [-0.15, -0.1) is 0 Å². The molecule has 0 heterocycles. The second-order valence-electron chi connectivity index (χ2n) is 12.8. The fourth-order valence-corrected chi connectivity index (χ4v) is 5.47. The summed E-state index contributed by atoms with van der Waals surface area (Å²) in [7, 11) is 0. The molecule has 2 unspecified atom stereocenters. The van der Waals surface area contributed by atoms with Gasteiger partial charge in [0, 0.05) is 19.4 Å². The molecule has 0 spiro atoms. The average molecular weight is 628 g/mol. The summed E-state index contributed by atoms with van der Waals surface area (Å²) in [5, 5.41) is 0. The molecule has 1 rings (SSSR count). The minimum absolute atomic E-state index is 0.0629. The summed E-state index contributed by atoms with van der Waals surface area (Å²) < 4.78 is 11.2. The average Bonchev–Trinajstić information content (AvgIpc) is 3.69. The molecule has 0 amide bonds. The summed E-state index contributed by atoms with van der Waals surface area (Å²) in [4.78, 5) is 24.6. The zero-order valence-electron chi connectivity index (χ0n) is 29.2. The molecule has 5 nitrogen and oxygen atoms in total. The number of esters is 2. The van der Waals surface area contributed by atoms with E-state index < -0.39 is 0 Å². The molecule has 0 radical (unpaired) electrons. The van der Waals surface area contributed by atoms with Gasteiger partial charge in [0.05, 0.1) is 5.92 Å². The predicted octanol–water partition coefficient (Wildman–Crippen LogP) is 11.0. The second-order valence-corrected chi connectivity index (χ2v) is 12.8. The summed E-state index contributed by atoms with van der Waals surface area (Å²) in [6.07, 6.45) is 43.7. The van der Waals surface area contributed by atoms with Gasteiger partial charge in [-0.2, -0.15) is 0 Å². The van der Waals surface area contributed by atoms with Crippen molar-refractivity contribution in [3.05, 3.63) is 48.6 Å². The Hall–Kier alpha value is -2.14. The number of carbonyl (C=O) groups is 2. The fourth-order valence-electron chi connectivity index (χ4n) is 5.47. The third kappa shape index (κ3) is 24.7. The molecule has 1 saturated carbocycles. The Labute approximate surface area is 277 Å². The topological polar surface area (TPSA) is 78.6 Å². The van der Waals surface area contributed by atoms with E-state index in [9.17, 15) is 9.59 Å². The molecule has 0 bridgehead atoms. The highest BCUT2D eigenvalue weighted by Crippen LogP contribution is 2.37. The van der Waals surface area contributed by atoms with Gasteiger partial charge in [0.1, 0.15) is 12.2 Å². The zero-order chi connectivity index (χ0) is 32.6. The van der Waals surface area contributed by atoms with Crippen LogP contribution < -0.4 is 5.73 Å². The molecular formula is C40H69NO4. The van der Waals surface area contributed by atoms with Crippen LogP contribution in [0.25, 0.3) is 0 Å². The molecule has 0 aliphatic heterocycles. The van der Waals surface area contributed by atoms with Crippen LogP contribution in [-0.4, -0.2) is 30.7 Å². The van der Waals surface area contributed by atoms with E-state index in [2.05, 4.69) is 62.5 Å². The van der Waals surface area contributed by atoms with Gasteiger partial charge < -0.3 is 15.2 Å². The molecule has 0 saturated heterocycles. The number of allylic oxidation sites excluding steroid dienone is 8. The van der Waals surface area contributed by atoms with E-state index in [0.717, 1.165) is 64.2 Å². The summed E-state index contributed by atoms with van der Waals surface area (Å²) in [6.45, 7) is 4.84. The Balaban J connectivity index is 1.98. The van der Waals surface area contributed by atoms with Gasteiger partial charge in [0.25, 0.3) is 0 Å². The van der Waals surface area contributed by atoms with Crippen molar-refractivity contribution in [3.63, 3.8) is 0 Å². The number of ether oxygens (including phenoxy) is 2. The zero-order valence-corrected chi connectivity index (χ0v) is 29.2. The molecular weight excluding hydrogens is 558 g/mol. The minimum Gasteiger partial charge on any atom is -0.458 e. The lowest BCUT2D eigenvalue weighted by Gasteiger charge is -2.06. The number of hydrogen-bond donors (Lipinski definition) is 1. The minimum atomic E-state index is -0.367. The second kappa shape index (κ2) is 30.5. The highest BCUT2D eigenvalue weighted by molar-refractivity contribution is 5.71. The number of carbonyl (C=O) groups excluding carboxylic acids is 2. The van der Waals surface area contributed by atoms with E-state index in [-0.39, 0.29) is 30.1 Å². The van der Waals surface area contributed by atoms with E-state index >= 15 is 0 Å². The van der Waals surface area contributed by atoms with Crippen molar-refractivity contribution in [1.29, 1.82) is 0 Å². The van der Waals surface area contributed by atoms with E-state index in [4.69, 9.17) is 15.2 Å². The van der Waals surface area contributed by atoms with Crippen LogP contribution in [0.4, 0.5) is 0 Å². The Bertz CT molecular complexity index is 764. The molecule has 5 heteroatoms. The Morgan fingerprint density at radius 1 is 0.489 bits per heavy atom. The summed E-state index contributed by atoms with van der Waals surface area (Å²) in [6, 6.07) is 0. The lowest BCUT2D eigenvalue weighted by atomic mass is 10.1. The summed E-state index contributed by atoms with van der Waals surface area (Å²) in [5.74, 6) is -0.458. The Kier molecular flexibility index (Phi) is 27.7. The molecule has 0 aromatic rings. The normalized spacial score (nSPS) is 18.2. The van der Waals surface area contributed by atoms with E-state index in [1.807, 2.05) is 0 Å². The summed E-state index contributed by atoms with van der Waals surface area (Å²) >= 11 is 0. The molecule has 258 valence electrons. The number of hydrogen-bond acceptors (Lipinski definition) is 5. The van der Waals surface area contributed by atoms with Gasteiger partial charge >= 0.3 is 11.9 Å². The number of unbranched alkanes of at least 4 members (excludes halogenated alkanes) is 16. The molecule has 0 aromatic carbocycles. The largest absolute Gasteiger partial charge is 0.458 e. The maximum Gasteiger partial charge on any atom is 0.306 e. The Morgan fingerprint density at radius 3 is 1.18 bits per heavy atom. The Morgan fingerprint density at radius 2 is 0.822 bits per heavy atom. The van der Waals surface area contributed by atoms with Crippen LogP contribution in [0.2, 0.25) is 0 Å². The van der Waals surface area contributed by atoms with Gasteiger partial charge in [-0.05, 0) is 77.0 Å². The van der Waals surface area contributed by atoms with Crippen molar-refractivity contribution >= 4 is 11.9 Å². The van der Waals surface area contributed by atoms with Crippen LogP contribution in [0.1, 0.15) is 168 Å². The first-order valence-electron chi connectivity index (χ1n) is 18.8. The molecule has 2 atom stereocenters. The van der Waals surface area contributed by atoms with Gasteiger partial charge in [0.15, 0.2) is 0 Å². The lowest BCUT2D eigenvalue weighted by molar-refractivity contribution is -0.152. The molecule has 2 N–H and O–H groups in total. The van der Waals surface area contributed by atoms with Crippen LogP contribution >= 0.6 is 0 Å². The number of nitrogens with two attached hydrogens (primary N) is 1. The smallest absolute Gasteiger partial charge is 0.306 e. The molecule has 1 fully saturated rings. The first-order chi connectivity index (χ1) is 22.1. The van der Waals surface area contributed by atoms with Gasteiger partial charge in [-0.1, -0.05) is 127 Å². The summed E-state index contributed by atoms with van der Waals surface area (Å²) in [5.41, 5.74) is 5.84. The van der Waals surface area contributed by atoms with Crippen LogP contribution in [0, 0.1) is 5.92 Å². The molecule has 1 aliphatic carbocycles. The number of rotatable bonds is 31. The predicted molar refractivity (Wildman–Crippen MR) is 191 cm³/mol. The van der Waals surface area contributed by atoms with Crippen molar-refractivity contribution in [2.75, 3.05) is 6.54 Å². The SMILES string of the molecule is CCCCCC=CCC=CCCCCCCCC(=O)OC1C(CN)C1OC(=O)CCCCCCCC=CCC=CCCCCC. The van der Waals surface area contributed by atoms with E-state index in [0.29, 0.717) is 19.4 Å². The van der Waals surface area contributed by atoms with Crippen LogP contribution in [0.3, 0.4) is 0 Å². The van der Waals surface area contributed by atoms with Crippen molar-refractivity contribution in [3.8, 4) is 0 Å². The van der Waals surface area contributed by atoms with Gasteiger partial charge in [-0.25, -0.2) is 0 Å². The van der Waals surface area contributed by atoms with E-state index in [1.54, 1.807) is 0 Å². The van der Waals surface area contributed by atoms with Crippen molar-refractivity contribution < 1.29 is 19.1 Å². The van der Waals surface area contributed by atoms with Gasteiger partial charge in [-0.3, -0.25) is 9.59 Å². The van der Waals surface area contributed by atoms with Crippen molar-refractivity contribution in [1.82, 2.24) is 0 Å². The quantitative estimate of drug-likeness (QED) is 0.0470. The maximum absolute atomic E-state index is 12.3. The first kappa shape index (κ1) is 40.9. The van der Waals surface area contributed by atoms with Crippen molar-refractivity contribution in [2.24, 2.45) is 11.7 Å². The lowest BCUT2D eigenvalue weighted by Crippen LogP contribution is -2.13. The molecule has 1 aliphatic rings. The highest BCUT2D eigenvalue weighted by atomic mass is 16.6. The third-order valence-electron chi connectivity index (χ3n) is 8.50. The standard InChI is InChI=1S/C40H69NO4/c1-3-5-7-9-11-13-15-17-19-21-23-25-27-29-31-33-37(42)44-39-36(35-41)40(39)45-38(43)34-32-30-28-26-24-22-20-18-16-14-12-10-8-6-4-2/h11-14,17-20,36,39-40H,3-10,15-16,21-35,41H2,1-2H3. The van der Waals surface area contributed by atoms with Crippen LogP contribution in [0.5, 0.6) is 0 Å². The monoisotopic (exact) mass is 628 g/mol. The third-order valence-corrected chi connectivity index (χ3v) is 8.50. The molecule has 0 aromatic heterocycles. The van der Waals surface area contributed by atoms with Crippen molar-refractivity contribution in [2.45, 2.75) is 180 Å². The first-order valence-corrected chi connectivity index (χ1v) is 18.8.